The predicted octanol–water partition coefficient (Wildman–Crippen LogP) is 4.04. The summed E-state index contributed by atoms with van der Waals surface area (Å²) in [6.45, 7) is 6.22. The quantitative estimate of drug-likeness (QED) is 0.761. The van der Waals surface area contributed by atoms with Crippen molar-refractivity contribution in [3.63, 3.8) is 0 Å². The fraction of sp³-hybridized carbons (Fsp3) is 0.235. The van der Waals surface area contributed by atoms with E-state index < -0.39 is 0 Å². The Kier molecular flexibility index (Phi) is 3.87. The minimum Gasteiger partial charge on any atom is -0.340 e. The van der Waals surface area contributed by atoms with Crippen LogP contribution in [0, 0.1) is 6.92 Å². The first-order valence-corrected chi connectivity index (χ1v) is 7.35. The number of nitrogens with zero attached hydrogens (tertiary/aromatic N) is 3. The summed E-state index contributed by atoms with van der Waals surface area (Å²) in [5.41, 5.74) is 3.70. The summed E-state index contributed by atoms with van der Waals surface area (Å²) in [4.78, 5) is 16.8. The molecule has 0 aliphatic rings. The van der Waals surface area contributed by atoms with Gasteiger partial charge < -0.3 is 10.3 Å². The Bertz CT molecular complexity index is 762. The second kappa shape index (κ2) is 5.97. The topological polar surface area (TPSA) is 66.5 Å². The highest BCUT2D eigenvalue weighted by molar-refractivity contribution is 5.60. The highest BCUT2D eigenvalue weighted by Gasteiger charge is 2.12. The van der Waals surface area contributed by atoms with Crippen LogP contribution in [0.25, 0.3) is 11.4 Å². The lowest BCUT2D eigenvalue weighted by atomic mass is 10.2. The zero-order chi connectivity index (χ0) is 15.5. The number of benzene rings is 1. The molecule has 0 saturated carbocycles. The zero-order valence-electron chi connectivity index (χ0n) is 13.0. The average molecular weight is 293 g/mol. The van der Waals surface area contributed by atoms with E-state index in [1.54, 1.807) is 6.20 Å². The molecule has 5 heteroatoms. The van der Waals surface area contributed by atoms with E-state index in [1.807, 2.05) is 43.3 Å². The number of aromatic amines is 1. The predicted molar refractivity (Wildman–Crippen MR) is 88.2 cm³/mol. The molecule has 1 aromatic carbocycles. The second-order valence-electron chi connectivity index (χ2n) is 5.49. The van der Waals surface area contributed by atoms with Gasteiger partial charge in [0, 0.05) is 17.8 Å². The van der Waals surface area contributed by atoms with Crippen molar-refractivity contribution in [1.29, 1.82) is 0 Å². The van der Waals surface area contributed by atoms with Gasteiger partial charge in [0.05, 0.1) is 17.1 Å². The third-order valence-electron chi connectivity index (χ3n) is 3.39. The molecule has 22 heavy (non-hydrogen) atoms. The van der Waals surface area contributed by atoms with Gasteiger partial charge in [0.2, 0.25) is 5.95 Å². The van der Waals surface area contributed by atoms with Gasteiger partial charge in [-0.15, -0.1) is 0 Å². The minimum absolute atomic E-state index is 0.358. The number of imidazole rings is 1. The van der Waals surface area contributed by atoms with Gasteiger partial charge in [-0.2, -0.15) is 0 Å². The first-order chi connectivity index (χ1) is 10.6. The Hall–Kier alpha value is -2.69. The van der Waals surface area contributed by atoms with Gasteiger partial charge in [-0.25, -0.2) is 15.0 Å². The molecule has 0 aliphatic heterocycles. The third kappa shape index (κ3) is 2.98. The van der Waals surface area contributed by atoms with E-state index in [0.717, 1.165) is 28.6 Å². The van der Waals surface area contributed by atoms with E-state index in [2.05, 4.69) is 39.1 Å². The van der Waals surface area contributed by atoms with Crippen molar-refractivity contribution in [2.45, 2.75) is 26.7 Å². The number of hydrogen-bond donors (Lipinski definition) is 2. The molecule has 112 valence electrons. The molecule has 0 spiro atoms. The van der Waals surface area contributed by atoms with Crippen LogP contribution in [0.5, 0.6) is 0 Å². The lowest BCUT2D eigenvalue weighted by Crippen LogP contribution is -1.98. The molecule has 0 aliphatic carbocycles. The summed E-state index contributed by atoms with van der Waals surface area (Å²) in [6, 6.07) is 11.8. The van der Waals surface area contributed by atoms with Crippen molar-refractivity contribution in [2.75, 3.05) is 5.32 Å². The van der Waals surface area contributed by atoms with Gasteiger partial charge in [0.25, 0.3) is 0 Å². The standard InChI is InChI=1S/C17H19N5/c1-11(2)16-19-12(3)15(22-16)14-9-10-18-17(21-14)20-13-7-5-4-6-8-13/h4-11H,1-3H3,(H,19,22)(H,18,20,21). The molecule has 2 aromatic heterocycles. The van der Waals surface area contributed by atoms with Crippen LogP contribution in [0.1, 0.15) is 31.3 Å². The molecular weight excluding hydrogens is 274 g/mol. The molecule has 2 N–H and O–H groups in total. The van der Waals surface area contributed by atoms with E-state index in [9.17, 15) is 0 Å². The molecular formula is C17H19N5. The van der Waals surface area contributed by atoms with Crippen molar-refractivity contribution < 1.29 is 0 Å². The van der Waals surface area contributed by atoms with Crippen LogP contribution < -0.4 is 5.32 Å². The van der Waals surface area contributed by atoms with Crippen molar-refractivity contribution in [3.05, 3.63) is 54.1 Å². The summed E-state index contributed by atoms with van der Waals surface area (Å²) in [5, 5.41) is 3.21. The molecule has 5 nitrogen and oxygen atoms in total. The van der Waals surface area contributed by atoms with Gasteiger partial charge >= 0.3 is 0 Å². The van der Waals surface area contributed by atoms with Crippen molar-refractivity contribution >= 4 is 11.6 Å². The van der Waals surface area contributed by atoms with Gasteiger partial charge in [-0.1, -0.05) is 32.0 Å². The molecule has 0 amide bonds. The summed E-state index contributed by atoms with van der Waals surface area (Å²) in [7, 11) is 0. The van der Waals surface area contributed by atoms with Crippen LogP contribution in [0.2, 0.25) is 0 Å². The number of rotatable bonds is 4. The van der Waals surface area contributed by atoms with Gasteiger partial charge in [-0.3, -0.25) is 0 Å². The van der Waals surface area contributed by atoms with Crippen molar-refractivity contribution in [3.8, 4) is 11.4 Å². The SMILES string of the molecule is Cc1nc(C(C)C)[nH]c1-c1ccnc(Nc2ccccc2)n1. The maximum atomic E-state index is 4.58. The summed E-state index contributed by atoms with van der Waals surface area (Å²) < 4.78 is 0. The highest BCUT2D eigenvalue weighted by Crippen LogP contribution is 2.23. The van der Waals surface area contributed by atoms with E-state index in [0.29, 0.717) is 11.9 Å². The number of para-hydroxylation sites is 1. The van der Waals surface area contributed by atoms with E-state index in [-0.39, 0.29) is 0 Å². The number of nitrogens with one attached hydrogen (secondary N) is 2. The first kappa shape index (κ1) is 14.3. The van der Waals surface area contributed by atoms with Crippen LogP contribution in [0.15, 0.2) is 42.6 Å². The Morgan fingerprint density at radius 3 is 2.50 bits per heavy atom. The molecule has 3 rings (SSSR count). The normalized spacial score (nSPS) is 10.9. The van der Waals surface area contributed by atoms with Crippen LogP contribution in [-0.2, 0) is 0 Å². The van der Waals surface area contributed by atoms with Gasteiger partial charge in [0.15, 0.2) is 0 Å². The van der Waals surface area contributed by atoms with Crippen LogP contribution in [0.4, 0.5) is 11.6 Å². The zero-order valence-corrected chi connectivity index (χ0v) is 13.0. The number of anilines is 2. The van der Waals surface area contributed by atoms with Crippen LogP contribution >= 0.6 is 0 Å². The smallest absolute Gasteiger partial charge is 0.227 e. The number of H-pyrrole nitrogens is 1. The Morgan fingerprint density at radius 1 is 1.05 bits per heavy atom. The minimum atomic E-state index is 0.358. The van der Waals surface area contributed by atoms with E-state index in [4.69, 9.17) is 0 Å². The maximum Gasteiger partial charge on any atom is 0.227 e. The Morgan fingerprint density at radius 2 is 1.82 bits per heavy atom. The van der Waals surface area contributed by atoms with E-state index >= 15 is 0 Å². The fourth-order valence-corrected chi connectivity index (χ4v) is 2.21. The fourth-order valence-electron chi connectivity index (χ4n) is 2.21. The lowest BCUT2D eigenvalue weighted by molar-refractivity contribution is 0.792. The molecule has 3 aromatic rings. The molecule has 0 bridgehead atoms. The van der Waals surface area contributed by atoms with Crippen molar-refractivity contribution in [2.24, 2.45) is 0 Å². The van der Waals surface area contributed by atoms with Crippen molar-refractivity contribution in [1.82, 2.24) is 19.9 Å². The summed E-state index contributed by atoms with van der Waals surface area (Å²) in [6.07, 6.45) is 1.75. The summed E-state index contributed by atoms with van der Waals surface area (Å²) >= 11 is 0. The number of hydrogen-bond acceptors (Lipinski definition) is 4. The van der Waals surface area contributed by atoms with E-state index in [1.165, 1.54) is 0 Å². The first-order valence-electron chi connectivity index (χ1n) is 7.35. The maximum absolute atomic E-state index is 4.58. The van der Waals surface area contributed by atoms with Gasteiger partial charge in [0.1, 0.15) is 5.82 Å². The molecule has 0 atom stereocenters. The molecule has 0 saturated heterocycles. The molecule has 2 heterocycles. The summed E-state index contributed by atoms with van der Waals surface area (Å²) in [5.74, 6) is 1.91. The lowest BCUT2D eigenvalue weighted by Gasteiger charge is -2.06. The second-order valence-corrected chi connectivity index (χ2v) is 5.49. The van der Waals surface area contributed by atoms with Crippen LogP contribution in [0.3, 0.4) is 0 Å². The Balaban J connectivity index is 1.91. The highest BCUT2D eigenvalue weighted by atomic mass is 15.1. The molecule has 0 unspecified atom stereocenters. The van der Waals surface area contributed by atoms with Crippen LogP contribution in [-0.4, -0.2) is 19.9 Å². The number of aryl methyl sites for hydroxylation is 1. The molecule has 0 radical (unpaired) electrons. The number of aromatic nitrogens is 4. The largest absolute Gasteiger partial charge is 0.340 e. The third-order valence-corrected chi connectivity index (χ3v) is 3.39. The monoisotopic (exact) mass is 293 g/mol. The Labute approximate surface area is 129 Å². The molecule has 0 fully saturated rings. The average Bonchev–Trinajstić information content (AvgIpc) is 2.91. The van der Waals surface area contributed by atoms with Gasteiger partial charge in [-0.05, 0) is 25.1 Å².